The summed E-state index contributed by atoms with van der Waals surface area (Å²) in [6, 6.07) is 31.7. The molecule has 0 saturated heterocycles. The van der Waals surface area contributed by atoms with Crippen molar-refractivity contribution >= 4 is 32.8 Å². The fourth-order valence-electron chi connectivity index (χ4n) is 9.39. The van der Waals surface area contributed by atoms with Crippen molar-refractivity contribution in [3.63, 3.8) is 0 Å². The second kappa shape index (κ2) is 10.6. The van der Waals surface area contributed by atoms with E-state index in [4.69, 9.17) is 9.52 Å². The van der Waals surface area contributed by atoms with Gasteiger partial charge < -0.3 is 4.42 Å². The molecule has 4 aromatic heterocycles. The van der Waals surface area contributed by atoms with Crippen molar-refractivity contribution in [1.82, 2.24) is 9.78 Å². The molecule has 7 aromatic rings. The lowest BCUT2D eigenvalue weighted by molar-refractivity contribution is -0.760. The number of unbranched alkanes of at least 4 members (excludes halogenated alkanes) is 1. The van der Waals surface area contributed by atoms with Gasteiger partial charge in [-0.2, -0.15) is 14.2 Å². The Kier molecular flexibility index (Phi) is 6.50. The normalized spacial score (nSPS) is 17.8. The van der Waals surface area contributed by atoms with Crippen LogP contribution in [-0.2, 0) is 24.0 Å². The van der Waals surface area contributed by atoms with Gasteiger partial charge >= 0.3 is 0 Å². The Morgan fingerprint density at radius 2 is 1.69 bits per heavy atom. The maximum atomic E-state index is 7.06. The quantitative estimate of drug-likeness (QED) is 0.177. The van der Waals surface area contributed by atoms with E-state index in [1.165, 1.54) is 73.9 Å². The summed E-state index contributed by atoms with van der Waals surface area (Å²) >= 11 is 0. The molecule has 2 aliphatic rings. The molecule has 5 heteroatoms. The summed E-state index contributed by atoms with van der Waals surface area (Å²) in [6.07, 6.45) is 8.65. The van der Waals surface area contributed by atoms with E-state index < -0.39 is 5.54 Å². The van der Waals surface area contributed by atoms with Gasteiger partial charge in [-0.3, -0.25) is 0 Å². The van der Waals surface area contributed by atoms with Crippen molar-refractivity contribution < 1.29 is 13.6 Å². The van der Waals surface area contributed by atoms with E-state index in [9.17, 15) is 0 Å². The van der Waals surface area contributed by atoms with E-state index in [1.807, 2.05) is 0 Å². The predicted octanol–water partition coefficient (Wildman–Crippen LogP) is 9.48. The van der Waals surface area contributed by atoms with Crippen LogP contribution in [0.15, 0.2) is 95.5 Å². The highest BCUT2D eigenvalue weighted by molar-refractivity contribution is 6.11. The standard InChI is InChI=1S/C43H44N4O/c1-6-9-15-30-16-14-20-38-39(30)32-21-22-33-40(41(32)48-38)37-24-28(4)31-17-10-11-18-34(31)45(37)27-43(33)26-42(7-2,8-3)46-23-13-12-19-35(46)36-25-29(5)44-47(36)43/h10-14,16-25H,6-9,15,26-27H2,1-5H3/q+2. The smallest absolute Gasteiger partial charge is 0.231 e. The van der Waals surface area contributed by atoms with Crippen LogP contribution in [0.3, 0.4) is 0 Å². The van der Waals surface area contributed by atoms with Gasteiger partial charge in [-0.25, -0.2) is 4.68 Å². The SMILES string of the molecule is CCCCc1cccc2oc3c4c(ccc3c12)C1(C[n+]2c-4cc(C)c3ccccc32)CC(CC)(CC)[n+]2ccccc2-c2cc(C)nn21. The Hall–Kier alpha value is -4.77. The fourth-order valence-corrected chi connectivity index (χ4v) is 9.39. The van der Waals surface area contributed by atoms with Gasteiger partial charge in [0.15, 0.2) is 23.8 Å². The molecular formula is C43H44N4O+2. The third kappa shape index (κ3) is 3.87. The Morgan fingerprint density at radius 1 is 0.854 bits per heavy atom. The minimum Gasteiger partial charge on any atom is -0.455 e. The third-order valence-electron chi connectivity index (χ3n) is 11.8. The number of benzene rings is 3. The van der Waals surface area contributed by atoms with Crippen LogP contribution < -0.4 is 9.13 Å². The number of hydrogen-bond donors (Lipinski definition) is 0. The number of aryl methyl sites for hydroxylation is 3. The number of hydrogen-bond acceptors (Lipinski definition) is 2. The molecule has 1 atom stereocenters. The van der Waals surface area contributed by atoms with Crippen molar-refractivity contribution in [1.29, 1.82) is 0 Å². The van der Waals surface area contributed by atoms with E-state index in [0.717, 1.165) is 49.1 Å². The monoisotopic (exact) mass is 632 g/mol. The van der Waals surface area contributed by atoms with Crippen LogP contribution >= 0.6 is 0 Å². The molecule has 0 N–H and O–H groups in total. The van der Waals surface area contributed by atoms with Gasteiger partial charge in [-0.15, -0.1) is 0 Å². The van der Waals surface area contributed by atoms with Crippen LogP contribution in [0.25, 0.3) is 55.5 Å². The van der Waals surface area contributed by atoms with Crippen molar-refractivity contribution in [2.75, 3.05) is 0 Å². The first-order valence-corrected chi connectivity index (χ1v) is 17.9. The molecule has 0 fully saturated rings. The molecule has 2 aliphatic heterocycles. The van der Waals surface area contributed by atoms with Crippen LogP contribution in [0.1, 0.15) is 75.3 Å². The number of nitrogens with zero attached hydrogens (tertiary/aromatic N) is 4. The topological polar surface area (TPSA) is 38.7 Å². The summed E-state index contributed by atoms with van der Waals surface area (Å²) in [6.45, 7) is 12.2. The first-order valence-electron chi connectivity index (χ1n) is 17.9. The third-order valence-corrected chi connectivity index (χ3v) is 11.8. The Bertz CT molecular complexity index is 2410. The molecule has 1 unspecified atom stereocenters. The summed E-state index contributed by atoms with van der Waals surface area (Å²) in [5.74, 6) is 0. The predicted molar refractivity (Wildman–Crippen MR) is 193 cm³/mol. The Balaban J connectivity index is 1.46. The number of para-hydroxylation sites is 1. The number of fused-ring (bicyclic) bond motifs is 14. The summed E-state index contributed by atoms with van der Waals surface area (Å²) in [7, 11) is 0. The lowest BCUT2D eigenvalue weighted by atomic mass is 9.71. The first-order chi connectivity index (χ1) is 23.4. The second-order valence-electron chi connectivity index (χ2n) is 14.4. The zero-order chi connectivity index (χ0) is 32.8. The molecule has 0 aliphatic carbocycles. The van der Waals surface area contributed by atoms with E-state index in [-0.39, 0.29) is 5.54 Å². The molecule has 0 bridgehead atoms. The summed E-state index contributed by atoms with van der Waals surface area (Å²) in [5, 5.41) is 9.19. The minimum atomic E-state index is -0.467. The molecule has 48 heavy (non-hydrogen) atoms. The van der Waals surface area contributed by atoms with E-state index in [2.05, 4.69) is 140 Å². The summed E-state index contributed by atoms with van der Waals surface area (Å²) < 4.78 is 14.6. The highest BCUT2D eigenvalue weighted by Crippen LogP contribution is 2.52. The number of rotatable bonds is 5. The van der Waals surface area contributed by atoms with E-state index in [0.29, 0.717) is 0 Å². The summed E-state index contributed by atoms with van der Waals surface area (Å²) in [4.78, 5) is 0. The molecule has 0 amide bonds. The molecule has 6 heterocycles. The average Bonchev–Trinajstić information content (AvgIpc) is 3.69. The molecule has 5 nitrogen and oxygen atoms in total. The van der Waals surface area contributed by atoms with Crippen LogP contribution in [0.2, 0.25) is 0 Å². The van der Waals surface area contributed by atoms with Crippen molar-refractivity contribution in [3.8, 4) is 22.6 Å². The van der Waals surface area contributed by atoms with Crippen LogP contribution in [0.5, 0.6) is 0 Å². The molecule has 3 aromatic carbocycles. The molecule has 0 radical (unpaired) electrons. The summed E-state index contributed by atoms with van der Waals surface area (Å²) in [5.41, 5.74) is 12.5. The van der Waals surface area contributed by atoms with Gasteiger partial charge in [-0.05, 0) is 62.1 Å². The maximum Gasteiger partial charge on any atom is 0.231 e. The van der Waals surface area contributed by atoms with E-state index in [1.54, 1.807) is 0 Å². The van der Waals surface area contributed by atoms with Gasteiger partial charge in [0.2, 0.25) is 16.9 Å². The first kappa shape index (κ1) is 29.4. The fraction of sp³-hybridized carbons (Fsp3) is 0.326. The van der Waals surface area contributed by atoms with E-state index >= 15 is 0 Å². The van der Waals surface area contributed by atoms with Gasteiger partial charge in [0.05, 0.1) is 11.3 Å². The van der Waals surface area contributed by atoms with Crippen molar-refractivity contribution in [3.05, 3.63) is 114 Å². The van der Waals surface area contributed by atoms with Crippen LogP contribution in [-0.4, -0.2) is 9.78 Å². The second-order valence-corrected chi connectivity index (χ2v) is 14.4. The molecule has 9 rings (SSSR count). The van der Waals surface area contributed by atoms with Gasteiger partial charge in [-0.1, -0.05) is 63.6 Å². The average molecular weight is 633 g/mol. The Morgan fingerprint density at radius 3 is 2.52 bits per heavy atom. The Labute approximate surface area is 282 Å². The van der Waals surface area contributed by atoms with Crippen molar-refractivity contribution in [2.45, 2.75) is 90.8 Å². The zero-order valence-electron chi connectivity index (χ0n) is 28.8. The highest BCUT2D eigenvalue weighted by atomic mass is 16.3. The highest BCUT2D eigenvalue weighted by Gasteiger charge is 2.58. The molecule has 1 spiro atoms. The van der Waals surface area contributed by atoms with Crippen molar-refractivity contribution in [2.24, 2.45) is 0 Å². The van der Waals surface area contributed by atoms with Crippen LogP contribution in [0.4, 0.5) is 0 Å². The van der Waals surface area contributed by atoms with Crippen LogP contribution in [0, 0.1) is 13.8 Å². The lowest BCUT2D eigenvalue weighted by Crippen LogP contribution is -2.62. The largest absolute Gasteiger partial charge is 0.455 e. The maximum absolute atomic E-state index is 7.06. The zero-order valence-corrected chi connectivity index (χ0v) is 28.8. The molecule has 0 saturated carbocycles. The minimum absolute atomic E-state index is 0.114. The molecular weight excluding hydrogens is 589 g/mol. The van der Waals surface area contributed by atoms with Gasteiger partial charge in [0.25, 0.3) is 0 Å². The molecule has 240 valence electrons. The lowest BCUT2D eigenvalue weighted by Gasteiger charge is -2.40. The van der Waals surface area contributed by atoms with Gasteiger partial charge in [0, 0.05) is 65.3 Å². The number of aromatic nitrogens is 4. The van der Waals surface area contributed by atoms with Gasteiger partial charge in [0.1, 0.15) is 16.9 Å². The number of furan rings is 1. The number of pyridine rings is 2.